The smallest absolute Gasteiger partial charge is 0.335 e. The van der Waals surface area contributed by atoms with Crippen LogP contribution in [-0.4, -0.2) is 115 Å². The highest BCUT2D eigenvalue weighted by atomic mass is 16.7. The predicted octanol–water partition coefficient (Wildman–Crippen LogP) is 0.918. The van der Waals surface area contributed by atoms with Crippen LogP contribution in [0, 0.1) is 28.6 Å². The quantitative estimate of drug-likeness (QED) is 0.207. The van der Waals surface area contributed by atoms with Crippen LogP contribution in [0.2, 0.25) is 0 Å². The number of hydrogen-bond donors (Lipinski definition) is 7. The fraction of sp³-hybridized carbons (Fsp3) is 0.861. The lowest BCUT2D eigenvalue weighted by Gasteiger charge is -2.63. The van der Waals surface area contributed by atoms with Crippen molar-refractivity contribution in [2.75, 3.05) is 6.61 Å². The van der Waals surface area contributed by atoms with Crippen molar-refractivity contribution >= 4 is 0 Å². The van der Waals surface area contributed by atoms with Gasteiger partial charge in [0.1, 0.15) is 42.7 Å². The van der Waals surface area contributed by atoms with Gasteiger partial charge in [0, 0.05) is 11.5 Å². The van der Waals surface area contributed by atoms with E-state index in [9.17, 15) is 40.5 Å². The number of aliphatic hydroxyl groups excluding tert-OH is 6. The predicted molar refractivity (Wildman–Crippen MR) is 171 cm³/mol. The summed E-state index contributed by atoms with van der Waals surface area (Å²) >= 11 is 0. The topological polar surface area (TPSA) is 209 Å². The molecule has 7 rings (SSSR count). The Morgan fingerprint density at radius 2 is 1.55 bits per heavy atom. The first-order valence-electron chi connectivity index (χ1n) is 18.2. The van der Waals surface area contributed by atoms with E-state index in [4.69, 9.17) is 23.4 Å². The van der Waals surface area contributed by atoms with E-state index < -0.39 is 73.6 Å². The van der Waals surface area contributed by atoms with Crippen LogP contribution < -0.4 is 5.63 Å². The Hall–Kier alpha value is -1.49. The number of aliphatic hydroxyl groups is 7. The lowest BCUT2D eigenvalue weighted by molar-refractivity contribution is -0.360. The van der Waals surface area contributed by atoms with E-state index in [1.807, 2.05) is 6.07 Å². The van der Waals surface area contributed by atoms with Crippen LogP contribution in [0.25, 0.3) is 0 Å². The molecule has 0 amide bonds. The molecule has 1 aromatic rings. The number of fused-ring (bicyclic) bond motifs is 5. The molecule has 13 nitrogen and oxygen atoms in total. The van der Waals surface area contributed by atoms with Gasteiger partial charge in [0.05, 0.1) is 30.7 Å². The zero-order chi connectivity index (χ0) is 35.0. The molecule has 276 valence electrons. The summed E-state index contributed by atoms with van der Waals surface area (Å²) in [5, 5.41) is 74.8. The molecule has 18 unspecified atom stereocenters. The molecule has 18 atom stereocenters. The lowest BCUT2D eigenvalue weighted by atomic mass is 9.43. The van der Waals surface area contributed by atoms with Crippen molar-refractivity contribution in [1.82, 2.24) is 0 Å². The summed E-state index contributed by atoms with van der Waals surface area (Å²) in [7, 11) is 0. The van der Waals surface area contributed by atoms with E-state index in [2.05, 4.69) is 13.8 Å². The lowest BCUT2D eigenvalue weighted by Crippen LogP contribution is -2.64. The fourth-order valence-electron chi connectivity index (χ4n) is 11.2. The Morgan fingerprint density at radius 1 is 0.816 bits per heavy atom. The van der Waals surface area contributed by atoms with Gasteiger partial charge >= 0.3 is 5.63 Å². The molecule has 0 bridgehead atoms. The second kappa shape index (κ2) is 13.2. The van der Waals surface area contributed by atoms with Crippen molar-refractivity contribution in [3.63, 3.8) is 0 Å². The fourth-order valence-corrected chi connectivity index (χ4v) is 11.2. The third-order valence-corrected chi connectivity index (χ3v) is 14.2. The minimum absolute atomic E-state index is 0.0284. The van der Waals surface area contributed by atoms with E-state index in [0.717, 1.165) is 63.4 Å². The van der Waals surface area contributed by atoms with Crippen LogP contribution >= 0.6 is 0 Å². The largest absolute Gasteiger partial charge is 0.431 e. The molecule has 2 aliphatic heterocycles. The van der Waals surface area contributed by atoms with Gasteiger partial charge < -0.3 is 59.1 Å². The second-order valence-corrected chi connectivity index (χ2v) is 16.4. The molecule has 13 heteroatoms. The normalized spacial score (nSPS) is 53.0. The molecular formula is C36H54O13. The van der Waals surface area contributed by atoms with E-state index in [1.54, 1.807) is 13.2 Å². The van der Waals surface area contributed by atoms with Crippen molar-refractivity contribution in [2.45, 2.75) is 158 Å². The zero-order valence-corrected chi connectivity index (χ0v) is 28.5. The van der Waals surface area contributed by atoms with Gasteiger partial charge in [-0.05, 0) is 105 Å². The van der Waals surface area contributed by atoms with Gasteiger partial charge in [-0.3, -0.25) is 0 Å². The van der Waals surface area contributed by atoms with E-state index >= 15 is 0 Å². The zero-order valence-electron chi connectivity index (χ0n) is 28.5. The van der Waals surface area contributed by atoms with Crippen LogP contribution in [-0.2, 0) is 18.9 Å². The third-order valence-electron chi connectivity index (χ3n) is 14.2. The van der Waals surface area contributed by atoms with E-state index in [0.29, 0.717) is 11.8 Å². The number of ether oxygens (including phenoxy) is 4. The monoisotopic (exact) mass is 694 g/mol. The molecule has 1 aromatic heterocycles. The van der Waals surface area contributed by atoms with Crippen molar-refractivity contribution in [3.05, 3.63) is 34.4 Å². The minimum atomic E-state index is -1.66. The Balaban J connectivity index is 0.983. The van der Waals surface area contributed by atoms with Crippen LogP contribution in [0.5, 0.6) is 0 Å². The van der Waals surface area contributed by atoms with Crippen molar-refractivity contribution in [3.8, 4) is 0 Å². The van der Waals surface area contributed by atoms with E-state index in [-0.39, 0.29) is 34.4 Å². The standard InChI is InChI=1S/C36H54O13/c1-17-31(49-33-29(42)27(40)26(39)24(15-37)48-33)28(41)30(43)32(46-17)47-20-8-11-34(2)19(14-20)5-6-23-22(34)9-12-35(3)21(10-13-36(23,35)44)18-4-7-25(38)45-16-18/h4,7,16-17,19-24,26-33,37,39-44H,5-6,8-15H2,1-3H3. The maximum Gasteiger partial charge on any atom is 0.335 e. The second-order valence-electron chi connectivity index (χ2n) is 16.4. The summed E-state index contributed by atoms with van der Waals surface area (Å²) in [6, 6.07) is 3.34. The summed E-state index contributed by atoms with van der Waals surface area (Å²) in [6.45, 7) is 5.63. The first kappa shape index (κ1) is 35.9. The van der Waals surface area contributed by atoms with Crippen LogP contribution in [0.3, 0.4) is 0 Å². The van der Waals surface area contributed by atoms with Gasteiger partial charge in [-0.25, -0.2) is 4.79 Å². The van der Waals surface area contributed by atoms with Crippen LogP contribution in [0.1, 0.15) is 90.0 Å². The van der Waals surface area contributed by atoms with Gasteiger partial charge in [-0.2, -0.15) is 0 Å². The van der Waals surface area contributed by atoms with Gasteiger partial charge in [-0.1, -0.05) is 13.8 Å². The molecule has 0 spiro atoms. The molecule has 4 saturated carbocycles. The average molecular weight is 695 g/mol. The first-order chi connectivity index (χ1) is 23.2. The van der Waals surface area contributed by atoms with Crippen molar-refractivity contribution in [2.24, 2.45) is 28.6 Å². The Kier molecular flexibility index (Phi) is 9.65. The average Bonchev–Trinajstić information content (AvgIpc) is 3.36. The number of rotatable bonds is 6. The minimum Gasteiger partial charge on any atom is -0.431 e. The Bertz CT molecular complexity index is 1370. The van der Waals surface area contributed by atoms with Crippen molar-refractivity contribution in [1.29, 1.82) is 0 Å². The maximum atomic E-state index is 12.5. The Labute approximate surface area is 286 Å². The molecule has 49 heavy (non-hydrogen) atoms. The molecule has 0 aromatic carbocycles. The van der Waals surface area contributed by atoms with Gasteiger partial charge in [0.2, 0.25) is 0 Å². The summed E-state index contributed by atoms with van der Waals surface area (Å²) in [5.74, 6) is 1.06. The summed E-state index contributed by atoms with van der Waals surface area (Å²) in [4.78, 5) is 11.6. The first-order valence-corrected chi connectivity index (χ1v) is 18.2. The van der Waals surface area contributed by atoms with Gasteiger partial charge in [0.25, 0.3) is 0 Å². The third kappa shape index (κ3) is 5.76. The number of hydrogen-bond acceptors (Lipinski definition) is 13. The molecule has 6 fully saturated rings. The molecule has 6 aliphatic rings. The molecule has 3 heterocycles. The van der Waals surface area contributed by atoms with Crippen LogP contribution in [0.15, 0.2) is 27.6 Å². The van der Waals surface area contributed by atoms with Gasteiger partial charge in [0.15, 0.2) is 12.6 Å². The highest BCUT2D eigenvalue weighted by molar-refractivity contribution is 5.27. The maximum absolute atomic E-state index is 12.5. The van der Waals surface area contributed by atoms with Crippen molar-refractivity contribution < 1.29 is 59.1 Å². The summed E-state index contributed by atoms with van der Waals surface area (Å²) in [5.41, 5.74) is -0.433. The Morgan fingerprint density at radius 3 is 2.27 bits per heavy atom. The molecule has 0 radical (unpaired) electrons. The molecule has 7 N–H and O–H groups in total. The molecular weight excluding hydrogens is 640 g/mol. The summed E-state index contributed by atoms with van der Waals surface area (Å²) in [6.07, 6.45) is -4.26. The summed E-state index contributed by atoms with van der Waals surface area (Å²) < 4.78 is 28.8. The SMILES string of the molecule is CC1OC(OC2CCC3(C)C(CCC4C3CCC3(C)C(c5ccc(=O)oc5)CCC43O)C2)C(O)C(O)C1OC1OC(CO)C(O)C(O)C1O. The molecule has 4 aliphatic carbocycles. The highest BCUT2D eigenvalue weighted by Gasteiger charge is 2.67. The highest BCUT2D eigenvalue weighted by Crippen LogP contribution is 2.70. The molecule has 2 saturated heterocycles. The van der Waals surface area contributed by atoms with E-state index in [1.165, 1.54) is 6.07 Å². The van der Waals surface area contributed by atoms with Gasteiger partial charge in [-0.15, -0.1) is 0 Å². The van der Waals surface area contributed by atoms with Crippen LogP contribution in [0.4, 0.5) is 0 Å².